The van der Waals surface area contributed by atoms with Crippen molar-refractivity contribution in [1.29, 1.82) is 0 Å². The average Bonchev–Trinajstić information content (AvgIpc) is 2.79. The summed E-state index contributed by atoms with van der Waals surface area (Å²) in [6, 6.07) is 37.2. The smallest absolute Gasteiger partial charge is 0.402 e. The number of hydrogen-bond acceptors (Lipinski definition) is 3. The lowest BCUT2D eigenvalue weighted by atomic mass is 9.76. The van der Waals surface area contributed by atoms with Crippen molar-refractivity contribution >= 4 is 7.32 Å². The number of hydrogen-bond donors (Lipinski definition) is 2. The van der Waals surface area contributed by atoms with Gasteiger partial charge in [-0.25, -0.2) is 0 Å². The van der Waals surface area contributed by atoms with E-state index in [-0.39, 0.29) is 0 Å². The highest BCUT2D eigenvalue weighted by Crippen LogP contribution is 2.44. The summed E-state index contributed by atoms with van der Waals surface area (Å²) in [6.45, 7) is 0. The minimum Gasteiger partial charge on any atom is -0.402 e. The molecule has 0 aliphatic heterocycles. The van der Waals surface area contributed by atoms with Crippen molar-refractivity contribution in [3.8, 4) is 11.1 Å². The zero-order valence-corrected chi connectivity index (χ0v) is 15.8. The van der Waals surface area contributed by atoms with Crippen molar-refractivity contribution < 1.29 is 14.7 Å². The molecule has 0 heterocycles. The third-order valence-corrected chi connectivity index (χ3v) is 5.03. The Morgan fingerprint density at radius 1 is 0.552 bits per heavy atom. The summed E-state index contributed by atoms with van der Waals surface area (Å²) in [6.07, 6.45) is 0. The Bertz CT molecular complexity index is 1010. The van der Waals surface area contributed by atoms with E-state index in [1.807, 2.05) is 115 Å². The van der Waals surface area contributed by atoms with Gasteiger partial charge in [-0.15, -0.1) is 0 Å². The maximum atomic E-state index is 9.97. The van der Waals surface area contributed by atoms with Gasteiger partial charge in [0.25, 0.3) is 0 Å². The minimum absolute atomic E-state index is 0.808. The van der Waals surface area contributed by atoms with E-state index in [0.29, 0.717) is 0 Å². The maximum Gasteiger partial charge on any atom is 0.635 e. The fourth-order valence-corrected chi connectivity index (χ4v) is 3.84. The molecule has 0 unspecified atom stereocenters. The fraction of sp³-hybridized carbons (Fsp3) is 0.0400. The zero-order chi connectivity index (χ0) is 20.1. The molecule has 4 heteroatoms. The van der Waals surface area contributed by atoms with Crippen molar-refractivity contribution in [3.05, 3.63) is 132 Å². The zero-order valence-electron chi connectivity index (χ0n) is 15.8. The summed E-state index contributed by atoms with van der Waals surface area (Å²) in [5, 5.41) is 19.9. The molecule has 0 saturated heterocycles. The second kappa shape index (κ2) is 8.45. The Morgan fingerprint density at radius 3 is 1.52 bits per heavy atom. The first-order valence-corrected chi connectivity index (χ1v) is 9.52. The molecule has 4 rings (SSSR count). The predicted molar refractivity (Wildman–Crippen MR) is 116 cm³/mol. The van der Waals surface area contributed by atoms with E-state index in [2.05, 4.69) is 0 Å². The molecule has 0 saturated carbocycles. The quantitative estimate of drug-likeness (QED) is 0.379. The molecule has 29 heavy (non-hydrogen) atoms. The first-order valence-electron chi connectivity index (χ1n) is 9.52. The minimum atomic E-state index is -1.96. The van der Waals surface area contributed by atoms with E-state index in [1.165, 1.54) is 0 Å². The van der Waals surface area contributed by atoms with Crippen molar-refractivity contribution in [3.63, 3.8) is 0 Å². The van der Waals surface area contributed by atoms with Crippen LogP contribution in [-0.2, 0) is 10.3 Å². The van der Waals surface area contributed by atoms with E-state index in [1.54, 1.807) is 0 Å². The van der Waals surface area contributed by atoms with Crippen molar-refractivity contribution in [2.75, 3.05) is 0 Å². The molecule has 0 radical (unpaired) electrons. The van der Waals surface area contributed by atoms with Gasteiger partial charge in [0.1, 0.15) is 5.60 Å². The van der Waals surface area contributed by atoms with Crippen LogP contribution in [0.1, 0.15) is 16.7 Å². The summed E-state index contributed by atoms with van der Waals surface area (Å²) < 4.78 is 5.97. The van der Waals surface area contributed by atoms with Gasteiger partial charge >= 0.3 is 7.32 Å². The maximum absolute atomic E-state index is 9.97. The molecule has 0 aromatic heterocycles. The Kier molecular flexibility index (Phi) is 5.58. The molecular weight excluding hydrogens is 359 g/mol. The van der Waals surface area contributed by atoms with Crippen LogP contribution < -0.4 is 0 Å². The van der Waals surface area contributed by atoms with Crippen LogP contribution in [0.2, 0.25) is 0 Å². The molecule has 0 atom stereocenters. The van der Waals surface area contributed by atoms with Crippen LogP contribution in [0.3, 0.4) is 0 Å². The van der Waals surface area contributed by atoms with E-state index < -0.39 is 12.9 Å². The van der Waals surface area contributed by atoms with Crippen LogP contribution >= 0.6 is 0 Å². The highest BCUT2D eigenvalue weighted by atomic mass is 16.6. The molecule has 2 N–H and O–H groups in total. The molecule has 0 aliphatic rings. The molecule has 3 nitrogen and oxygen atoms in total. The first-order chi connectivity index (χ1) is 14.2. The Morgan fingerprint density at radius 2 is 1.00 bits per heavy atom. The highest BCUT2D eigenvalue weighted by molar-refractivity contribution is 6.33. The van der Waals surface area contributed by atoms with Crippen LogP contribution in [0, 0.1) is 0 Å². The van der Waals surface area contributed by atoms with Crippen LogP contribution in [0.5, 0.6) is 0 Å². The second-order valence-corrected chi connectivity index (χ2v) is 6.77. The third-order valence-electron chi connectivity index (χ3n) is 5.03. The lowest BCUT2D eigenvalue weighted by Crippen LogP contribution is -2.39. The average molecular weight is 380 g/mol. The largest absolute Gasteiger partial charge is 0.635 e. The normalized spacial score (nSPS) is 11.2. The predicted octanol–water partition coefficient (Wildman–Crippen LogP) is 4.63. The van der Waals surface area contributed by atoms with Gasteiger partial charge in [-0.2, -0.15) is 0 Å². The SMILES string of the molecule is OB(O)OC(c1ccccc1)(c1ccccc1)c1ccccc1-c1ccccc1. The molecule has 0 spiro atoms. The van der Waals surface area contributed by atoms with E-state index in [9.17, 15) is 10.0 Å². The van der Waals surface area contributed by atoms with Crippen molar-refractivity contribution in [2.24, 2.45) is 0 Å². The molecule has 0 amide bonds. The van der Waals surface area contributed by atoms with Crippen molar-refractivity contribution in [2.45, 2.75) is 5.60 Å². The molecule has 142 valence electrons. The van der Waals surface area contributed by atoms with Crippen LogP contribution in [0.15, 0.2) is 115 Å². The molecule has 4 aromatic carbocycles. The molecule has 0 fully saturated rings. The molecule has 0 bridgehead atoms. The van der Waals surface area contributed by atoms with Gasteiger partial charge < -0.3 is 14.7 Å². The van der Waals surface area contributed by atoms with Gasteiger partial charge in [0.15, 0.2) is 0 Å². The molecule has 4 aromatic rings. The van der Waals surface area contributed by atoms with Gasteiger partial charge in [-0.05, 0) is 27.8 Å². The second-order valence-electron chi connectivity index (χ2n) is 6.77. The number of rotatable bonds is 6. The number of benzene rings is 4. The monoisotopic (exact) mass is 380 g/mol. The van der Waals surface area contributed by atoms with Gasteiger partial charge in [-0.3, -0.25) is 0 Å². The fourth-order valence-electron chi connectivity index (χ4n) is 3.84. The molecule has 0 aliphatic carbocycles. The summed E-state index contributed by atoms with van der Waals surface area (Å²) >= 11 is 0. The lowest BCUT2D eigenvalue weighted by molar-refractivity contribution is 0.0819. The van der Waals surface area contributed by atoms with E-state index in [0.717, 1.165) is 27.8 Å². The Hall–Kier alpha value is -3.18. The highest BCUT2D eigenvalue weighted by Gasteiger charge is 2.42. The van der Waals surface area contributed by atoms with Gasteiger partial charge in [0.05, 0.1) is 0 Å². The summed E-state index contributed by atoms with van der Waals surface area (Å²) in [7, 11) is -1.96. The topological polar surface area (TPSA) is 49.7 Å². The van der Waals surface area contributed by atoms with Crippen LogP contribution in [0.4, 0.5) is 0 Å². The lowest BCUT2D eigenvalue weighted by Gasteiger charge is -2.37. The van der Waals surface area contributed by atoms with E-state index >= 15 is 0 Å². The third kappa shape index (κ3) is 3.74. The van der Waals surface area contributed by atoms with Crippen LogP contribution in [-0.4, -0.2) is 17.4 Å². The van der Waals surface area contributed by atoms with Crippen molar-refractivity contribution in [1.82, 2.24) is 0 Å². The summed E-state index contributed by atoms with van der Waals surface area (Å²) in [4.78, 5) is 0. The van der Waals surface area contributed by atoms with E-state index in [4.69, 9.17) is 4.65 Å². The Balaban J connectivity index is 2.07. The van der Waals surface area contributed by atoms with Crippen LogP contribution in [0.25, 0.3) is 11.1 Å². The summed E-state index contributed by atoms with van der Waals surface area (Å²) in [5.74, 6) is 0. The Labute approximate surface area is 171 Å². The standard InChI is InChI=1S/C25H21BO3/c27-26(28)29-25(21-14-6-2-7-15-21,22-16-8-3-9-17-22)24-19-11-10-18-23(24)20-12-4-1-5-13-20/h1-19,27-28H. The van der Waals surface area contributed by atoms with Gasteiger partial charge in [0.2, 0.25) is 0 Å². The van der Waals surface area contributed by atoms with Gasteiger partial charge in [-0.1, -0.05) is 115 Å². The summed E-state index contributed by atoms with van der Waals surface area (Å²) in [5.41, 5.74) is 3.22. The first kappa shape index (κ1) is 19.2. The molecular formula is C25H21BO3. The van der Waals surface area contributed by atoms with Gasteiger partial charge in [0, 0.05) is 0 Å².